The number of hydrogen-bond acceptors (Lipinski definition) is 2. The van der Waals surface area contributed by atoms with E-state index in [1.165, 1.54) is 17.5 Å². The molecule has 0 fully saturated rings. The van der Waals surface area contributed by atoms with Crippen LogP contribution in [0.3, 0.4) is 0 Å². The molecule has 0 spiro atoms. The minimum absolute atomic E-state index is 0.101. The average molecular weight is 234 g/mol. The maximum atomic E-state index is 6.23. The molecule has 1 aromatic rings. The van der Waals surface area contributed by atoms with Gasteiger partial charge in [0.25, 0.3) is 0 Å². The average Bonchev–Trinajstić information content (AvgIpc) is 2.37. The highest BCUT2D eigenvalue weighted by Gasteiger charge is 2.14. The highest BCUT2D eigenvalue weighted by molar-refractivity contribution is 5.27. The monoisotopic (exact) mass is 234 g/mol. The summed E-state index contributed by atoms with van der Waals surface area (Å²) in [6, 6.07) is 8.85. The molecule has 3 atom stereocenters. The first-order valence-electron chi connectivity index (χ1n) is 6.65. The second-order valence-electron chi connectivity index (χ2n) is 5.06. The SMILES string of the molecule is CCC(C)c1ccc(C(N)C(C)CCN)cc1. The molecular weight excluding hydrogens is 208 g/mol. The molecule has 3 unspecified atom stereocenters. The molecule has 0 amide bonds. The normalized spacial score (nSPS) is 16.5. The van der Waals surface area contributed by atoms with Crippen molar-refractivity contribution in [2.75, 3.05) is 6.54 Å². The molecule has 0 saturated heterocycles. The van der Waals surface area contributed by atoms with Crippen molar-refractivity contribution in [3.8, 4) is 0 Å². The van der Waals surface area contributed by atoms with Crippen LogP contribution >= 0.6 is 0 Å². The van der Waals surface area contributed by atoms with Crippen LogP contribution in [-0.2, 0) is 0 Å². The molecule has 0 aliphatic carbocycles. The van der Waals surface area contributed by atoms with E-state index in [-0.39, 0.29) is 6.04 Å². The highest BCUT2D eigenvalue weighted by atomic mass is 14.7. The van der Waals surface area contributed by atoms with E-state index in [1.807, 2.05) is 0 Å². The third-order valence-electron chi connectivity index (χ3n) is 3.74. The largest absolute Gasteiger partial charge is 0.330 e. The summed E-state index contributed by atoms with van der Waals surface area (Å²) in [5.41, 5.74) is 14.4. The van der Waals surface area contributed by atoms with E-state index in [4.69, 9.17) is 11.5 Å². The molecule has 2 nitrogen and oxygen atoms in total. The predicted molar refractivity (Wildman–Crippen MR) is 74.9 cm³/mol. The van der Waals surface area contributed by atoms with Crippen LogP contribution in [0.5, 0.6) is 0 Å². The number of rotatable bonds is 6. The maximum absolute atomic E-state index is 6.23. The zero-order valence-electron chi connectivity index (χ0n) is 11.3. The van der Waals surface area contributed by atoms with Crippen LogP contribution in [0.4, 0.5) is 0 Å². The summed E-state index contributed by atoms with van der Waals surface area (Å²) in [7, 11) is 0. The van der Waals surface area contributed by atoms with Gasteiger partial charge in [0.2, 0.25) is 0 Å². The van der Waals surface area contributed by atoms with Crippen molar-refractivity contribution in [1.29, 1.82) is 0 Å². The molecule has 0 aromatic heterocycles. The molecule has 0 aliphatic rings. The summed E-state index contributed by atoms with van der Waals surface area (Å²) in [5, 5.41) is 0. The third kappa shape index (κ3) is 3.83. The van der Waals surface area contributed by atoms with E-state index in [2.05, 4.69) is 45.0 Å². The third-order valence-corrected chi connectivity index (χ3v) is 3.74. The van der Waals surface area contributed by atoms with Crippen molar-refractivity contribution >= 4 is 0 Å². The number of benzene rings is 1. The van der Waals surface area contributed by atoms with Gasteiger partial charge in [-0.1, -0.05) is 45.0 Å². The lowest BCUT2D eigenvalue weighted by atomic mass is 9.90. The van der Waals surface area contributed by atoms with Gasteiger partial charge in [0.1, 0.15) is 0 Å². The van der Waals surface area contributed by atoms with Crippen LogP contribution in [0, 0.1) is 5.92 Å². The standard InChI is InChI=1S/C15H26N2/c1-4-11(2)13-5-7-14(8-6-13)15(17)12(3)9-10-16/h5-8,11-12,15H,4,9-10,16-17H2,1-3H3. The van der Waals surface area contributed by atoms with Gasteiger partial charge in [0, 0.05) is 6.04 Å². The van der Waals surface area contributed by atoms with E-state index < -0.39 is 0 Å². The Morgan fingerprint density at radius 1 is 1.06 bits per heavy atom. The molecule has 2 heteroatoms. The van der Waals surface area contributed by atoms with E-state index in [0.717, 1.165) is 6.42 Å². The van der Waals surface area contributed by atoms with Gasteiger partial charge >= 0.3 is 0 Å². The first-order valence-corrected chi connectivity index (χ1v) is 6.65. The second-order valence-corrected chi connectivity index (χ2v) is 5.06. The number of hydrogen-bond donors (Lipinski definition) is 2. The van der Waals surface area contributed by atoms with Gasteiger partial charge in [-0.2, -0.15) is 0 Å². The Bertz CT molecular complexity index is 318. The highest BCUT2D eigenvalue weighted by Crippen LogP contribution is 2.24. The van der Waals surface area contributed by atoms with E-state index in [1.54, 1.807) is 0 Å². The summed E-state index contributed by atoms with van der Waals surface area (Å²) in [5.74, 6) is 1.07. The second kappa shape index (κ2) is 6.77. The van der Waals surface area contributed by atoms with E-state index in [0.29, 0.717) is 18.4 Å². The summed E-state index contributed by atoms with van der Waals surface area (Å²) in [4.78, 5) is 0. The molecule has 1 aromatic carbocycles. The van der Waals surface area contributed by atoms with Crippen LogP contribution in [-0.4, -0.2) is 6.54 Å². The Hall–Kier alpha value is -0.860. The fourth-order valence-electron chi connectivity index (χ4n) is 2.05. The van der Waals surface area contributed by atoms with Crippen LogP contribution in [0.25, 0.3) is 0 Å². The smallest absolute Gasteiger partial charge is 0.0321 e. The Morgan fingerprint density at radius 2 is 1.59 bits per heavy atom. The lowest BCUT2D eigenvalue weighted by molar-refractivity contribution is 0.444. The van der Waals surface area contributed by atoms with Gasteiger partial charge in [0.15, 0.2) is 0 Å². The van der Waals surface area contributed by atoms with Crippen molar-refractivity contribution in [2.24, 2.45) is 17.4 Å². The minimum Gasteiger partial charge on any atom is -0.330 e. The van der Waals surface area contributed by atoms with Crippen LogP contribution in [0.2, 0.25) is 0 Å². The molecule has 0 heterocycles. The quantitative estimate of drug-likeness (QED) is 0.794. The Morgan fingerprint density at radius 3 is 2.06 bits per heavy atom. The van der Waals surface area contributed by atoms with Crippen molar-refractivity contribution < 1.29 is 0 Å². The Kier molecular flexibility index (Phi) is 5.66. The molecule has 4 N–H and O–H groups in total. The molecule has 96 valence electrons. The van der Waals surface area contributed by atoms with Crippen molar-refractivity contribution in [3.63, 3.8) is 0 Å². The van der Waals surface area contributed by atoms with Gasteiger partial charge in [0.05, 0.1) is 0 Å². The summed E-state index contributed by atoms with van der Waals surface area (Å²) < 4.78 is 0. The fourth-order valence-corrected chi connectivity index (χ4v) is 2.05. The number of nitrogens with two attached hydrogens (primary N) is 2. The first kappa shape index (κ1) is 14.2. The summed E-state index contributed by atoms with van der Waals surface area (Å²) >= 11 is 0. The zero-order chi connectivity index (χ0) is 12.8. The van der Waals surface area contributed by atoms with Crippen molar-refractivity contribution in [1.82, 2.24) is 0 Å². The predicted octanol–water partition coefficient (Wildman–Crippen LogP) is 3.18. The van der Waals surface area contributed by atoms with Gasteiger partial charge in [-0.3, -0.25) is 0 Å². The topological polar surface area (TPSA) is 52.0 Å². The lowest BCUT2D eigenvalue weighted by Crippen LogP contribution is -2.21. The van der Waals surface area contributed by atoms with Crippen LogP contribution < -0.4 is 11.5 Å². The molecule has 0 bridgehead atoms. The van der Waals surface area contributed by atoms with Crippen molar-refractivity contribution in [2.45, 2.75) is 45.6 Å². The molecule has 0 saturated carbocycles. The van der Waals surface area contributed by atoms with Gasteiger partial charge in [-0.15, -0.1) is 0 Å². The van der Waals surface area contributed by atoms with E-state index in [9.17, 15) is 0 Å². The zero-order valence-corrected chi connectivity index (χ0v) is 11.3. The minimum atomic E-state index is 0.101. The fraction of sp³-hybridized carbons (Fsp3) is 0.600. The van der Waals surface area contributed by atoms with Crippen molar-refractivity contribution in [3.05, 3.63) is 35.4 Å². The molecule has 1 rings (SSSR count). The van der Waals surface area contributed by atoms with Gasteiger partial charge in [-0.25, -0.2) is 0 Å². The van der Waals surface area contributed by atoms with Crippen LogP contribution in [0.15, 0.2) is 24.3 Å². The first-order chi connectivity index (χ1) is 8.10. The molecular formula is C15H26N2. The Balaban J connectivity index is 2.73. The summed E-state index contributed by atoms with van der Waals surface area (Å²) in [6.07, 6.45) is 2.16. The molecule has 17 heavy (non-hydrogen) atoms. The lowest BCUT2D eigenvalue weighted by Gasteiger charge is -2.20. The van der Waals surface area contributed by atoms with Gasteiger partial charge in [-0.05, 0) is 42.3 Å². The van der Waals surface area contributed by atoms with E-state index >= 15 is 0 Å². The van der Waals surface area contributed by atoms with Gasteiger partial charge < -0.3 is 11.5 Å². The van der Waals surface area contributed by atoms with Crippen LogP contribution in [0.1, 0.15) is 56.7 Å². The molecule has 0 radical (unpaired) electrons. The molecule has 0 aliphatic heterocycles. The maximum Gasteiger partial charge on any atom is 0.0321 e. The summed E-state index contributed by atoms with van der Waals surface area (Å²) in [6.45, 7) is 7.35. The Labute approximate surface area is 105 Å².